The lowest BCUT2D eigenvalue weighted by Crippen LogP contribution is -2.17. The van der Waals surface area contributed by atoms with Gasteiger partial charge in [-0.3, -0.25) is 4.79 Å². The van der Waals surface area contributed by atoms with E-state index in [9.17, 15) is 9.59 Å². The zero-order valence-corrected chi connectivity index (χ0v) is 14.3. The first-order chi connectivity index (χ1) is 12.7. The van der Waals surface area contributed by atoms with Gasteiger partial charge in [0.15, 0.2) is 0 Å². The molecule has 0 fully saturated rings. The molecule has 130 valence electrons. The molecule has 4 rings (SSSR count). The van der Waals surface area contributed by atoms with Crippen molar-refractivity contribution in [3.8, 4) is 11.3 Å². The second-order valence-corrected chi connectivity index (χ2v) is 6.51. The Morgan fingerprint density at radius 3 is 2.42 bits per heavy atom. The summed E-state index contributed by atoms with van der Waals surface area (Å²) in [6, 6.07) is 18.3. The minimum Gasteiger partial charge on any atom is -0.421 e. The maximum atomic E-state index is 12.3. The van der Waals surface area contributed by atoms with Gasteiger partial charge in [-0.15, -0.1) is 0 Å². The monoisotopic (exact) mass is 345 g/mol. The van der Waals surface area contributed by atoms with Crippen molar-refractivity contribution in [2.24, 2.45) is 0 Å². The van der Waals surface area contributed by atoms with Gasteiger partial charge in [-0.25, -0.2) is 4.79 Å². The van der Waals surface area contributed by atoms with Crippen molar-refractivity contribution in [1.29, 1.82) is 0 Å². The van der Waals surface area contributed by atoms with Crippen molar-refractivity contribution in [1.82, 2.24) is 0 Å². The highest BCUT2D eigenvalue weighted by molar-refractivity contribution is 6.04. The Bertz CT molecular complexity index is 1010. The number of carbonyl (C=O) groups excluding carboxylic acids is 1. The number of carbonyl (C=O) groups is 1. The normalized spacial score (nSPS) is 13.1. The predicted octanol–water partition coefficient (Wildman–Crippen LogP) is 4.44. The van der Waals surface area contributed by atoms with Crippen molar-refractivity contribution in [2.45, 2.75) is 25.7 Å². The van der Waals surface area contributed by atoms with Crippen molar-refractivity contribution >= 4 is 11.6 Å². The van der Waals surface area contributed by atoms with Gasteiger partial charge in [0.1, 0.15) is 11.4 Å². The summed E-state index contributed by atoms with van der Waals surface area (Å²) in [6.45, 7) is 0. The van der Waals surface area contributed by atoms with Crippen LogP contribution in [0.15, 0.2) is 69.9 Å². The van der Waals surface area contributed by atoms with E-state index in [-0.39, 0.29) is 11.6 Å². The summed E-state index contributed by atoms with van der Waals surface area (Å²) in [5, 5.41) is 2.61. The van der Waals surface area contributed by atoms with Gasteiger partial charge < -0.3 is 9.73 Å². The van der Waals surface area contributed by atoms with Crippen LogP contribution in [0.3, 0.4) is 0 Å². The van der Waals surface area contributed by atoms with Crippen LogP contribution in [0.4, 0.5) is 5.69 Å². The lowest BCUT2D eigenvalue weighted by atomic mass is 9.90. The molecule has 0 unspecified atom stereocenters. The molecule has 1 aliphatic carbocycles. The molecule has 1 aromatic heterocycles. The number of anilines is 1. The van der Waals surface area contributed by atoms with Gasteiger partial charge in [0.2, 0.25) is 0 Å². The van der Waals surface area contributed by atoms with Crippen LogP contribution in [0.2, 0.25) is 0 Å². The molecule has 26 heavy (non-hydrogen) atoms. The fourth-order valence-electron chi connectivity index (χ4n) is 3.33. The van der Waals surface area contributed by atoms with E-state index in [0.717, 1.165) is 18.4 Å². The number of rotatable bonds is 3. The Labute approximate surface area is 151 Å². The van der Waals surface area contributed by atoms with E-state index in [1.54, 1.807) is 36.4 Å². The van der Waals surface area contributed by atoms with E-state index in [4.69, 9.17) is 4.42 Å². The van der Waals surface area contributed by atoms with Crippen molar-refractivity contribution in [3.63, 3.8) is 0 Å². The molecule has 0 saturated heterocycles. The summed E-state index contributed by atoms with van der Waals surface area (Å²) < 4.78 is 5.45. The molecule has 1 amide bonds. The van der Waals surface area contributed by atoms with Gasteiger partial charge in [0.05, 0.1) is 0 Å². The number of hydrogen-bond donors (Lipinski definition) is 1. The predicted molar refractivity (Wildman–Crippen MR) is 101 cm³/mol. The fourth-order valence-corrected chi connectivity index (χ4v) is 3.33. The minimum absolute atomic E-state index is 0.139. The van der Waals surface area contributed by atoms with E-state index < -0.39 is 5.63 Å². The van der Waals surface area contributed by atoms with Crippen molar-refractivity contribution in [2.75, 3.05) is 5.32 Å². The van der Waals surface area contributed by atoms with Gasteiger partial charge >= 0.3 is 5.63 Å². The highest BCUT2D eigenvalue weighted by Gasteiger charge is 2.13. The first-order valence-corrected chi connectivity index (χ1v) is 8.83. The number of hydrogen-bond acceptors (Lipinski definition) is 3. The fraction of sp³-hybridized carbons (Fsp3) is 0.182. The van der Waals surface area contributed by atoms with Gasteiger partial charge in [-0.2, -0.15) is 0 Å². The zero-order chi connectivity index (χ0) is 17.9. The molecule has 0 bridgehead atoms. The van der Waals surface area contributed by atoms with Crippen LogP contribution in [-0.2, 0) is 12.8 Å². The highest BCUT2D eigenvalue weighted by atomic mass is 16.4. The Morgan fingerprint density at radius 1 is 0.885 bits per heavy atom. The second kappa shape index (κ2) is 7.00. The number of benzene rings is 2. The van der Waals surface area contributed by atoms with Gasteiger partial charge in [-0.1, -0.05) is 30.3 Å². The third-order valence-electron chi connectivity index (χ3n) is 4.74. The summed E-state index contributed by atoms with van der Waals surface area (Å²) in [5.41, 5.74) is 3.69. The Morgan fingerprint density at radius 2 is 1.65 bits per heavy atom. The van der Waals surface area contributed by atoms with Gasteiger partial charge in [0, 0.05) is 11.1 Å². The van der Waals surface area contributed by atoms with Crippen LogP contribution in [0.1, 0.15) is 34.3 Å². The largest absolute Gasteiger partial charge is 0.421 e. The van der Waals surface area contributed by atoms with E-state index in [1.807, 2.05) is 12.1 Å². The molecule has 1 N–H and O–H groups in total. The first-order valence-electron chi connectivity index (χ1n) is 8.83. The van der Waals surface area contributed by atoms with E-state index >= 15 is 0 Å². The van der Waals surface area contributed by atoms with E-state index in [2.05, 4.69) is 17.4 Å². The first kappa shape index (κ1) is 16.3. The molecular formula is C22H19NO3. The van der Waals surface area contributed by atoms with E-state index in [1.165, 1.54) is 24.0 Å². The van der Waals surface area contributed by atoms with Crippen molar-refractivity contribution in [3.05, 3.63) is 87.8 Å². The van der Waals surface area contributed by atoms with Crippen LogP contribution < -0.4 is 10.9 Å². The molecule has 4 heteroatoms. The lowest BCUT2D eigenvalue weighted by molar-refractivity contribution is 0.102. The Balaban J connectivity index is 1.58. The topological polar surface area (TPSA) is 59.3 Å². The smallest absolute Gasteiger partial charge is 0.360 e. The standard InChI is InChI=1S/C22H19NO3/c24-21(16-7-2-1-3-8-16)23-19-12-13-20(26-22(19)25)18-11-10-15-6-4-5-9-17(15)14-18/h1-3,7-8,10-14H,4-6,9H2,(H,23,24). The van der Waals surface area contributed by atoms with Crippen LogP contribution in [0, 0.1) is 0 Å². The third kappa shape index (κ3) is 3.31. The average molecular weight is 345 g/mol. The minimum atomic E-state index is -0.551. The molecular weight excluding hydrogens is 326 g/mol. The molecule has 0 saturated carbocycles. The van der Waals surface area contributed by atoms with Crippen LogP contribution in [0.25, 0.3) is 11.3 Å². The quantitative estimate of drug-likeness (QED) is 0.763. The summed E-state index contributed by atoms with van der Waals surface area (Å²) in [6.07, 6.45) is 4.62. The van der Waals surface area contributed by atoms with Crippen LogP contribution >= 0.6 is 0 Å². The van der Waals surface area contributed by atoms with Crippen LogP contribution in [0.5, 0.6) is 0 Å². The third-order valence-corrected chi connectivity index (χ3v) is 4.74. The van der Waals surface area contributed by atoms with Gasteiger partial charge in [0.25, 0.3) is 5.91 Å². The SMILES string of the molecule is O=C(Nc1ccc(-c2ccc3c(c2)CCCC3)oc1=O)c1ccccc1. The summed E-state index contributed by atoms with van der Waals surface area (Å²) >= 11 is 0. The molecule has 1 aliphatic rings. The molecule has 3 aromatic rings. The molecule has 0 radical (unpaired) electrons. The summed E-state index contributed by atoms with van der Waals surface area (Å²) in [4.78, 5) is 24.5. The molecule has 0 aliphatic heterocycles. The van der Waals surface area contributed by atoms with Crippen molar-refractivity contribution < 1.29 is 9.21 Å². The number of amides is 1. The maximum Gasteiger partial charge on any atom is 0.360 e. The summed E-state index contributed by atoms with van der Waals surface area (Å²) in [7, 11) is 0. The molecule has 0 spiro atoms. The zero-order valence-electron chi connectivity index (χ0n) is 14.3. The number of nitrogens with one attached hydrogen (secondary N) is 1. The second-order valence-electron chi connectivity index (χ2n) is 6.51. The van der Waals surface area contributed by atoms with Crippen LogP contribution in [-0.4, -0.2) is 5.91 Å². The summed E-state index contributed by atoms with van der Waals surface area (Å²) in [5.74, 6) is 0.181. The number of fused-ring (bicyclic) bond motifs is 1. The lowest BCUT2D eigenvalue weighted by Gasteiger charge is -2.16. The average Bonchev–Trinajstić information content (AvgIpc) is 2.69. The molecule has 0 atom stereocenters. The van der Waals surface area contributed by atoms with E-state index in [0.29, 0.717) is 11.3 Å². The molecule has 2 aromatic carbocycles. The number of aryl methyl sites for hydroxylation is 2. The maximum absolute atomic E-state index is 12.3. The Hall–Kier alpha value is -3.14. The highest BCUT2D eigenvalue weighted by Crippen LogP contribution is 2.27. The molecule has 4 nitrogen and oxygen atoms in total. The Kier molecular flexibility index (Phi) is 4.40. The molecule has 1 heterocycles. The van der Waals surface area contributed by atoms with Gasteiger partial charge in [-0.05, 0) is 67.1 Å².